The van der Waals surface area contributed by atoms with E-state index >= 15 is 0 Å². The Labute approximate surface area is 143 Å². The summed E-state index contributed by atoms with van der Waals surface area (Å²) in [5.74, 6) is 0.619. The maximum Gasteiger partial charge on any atom is 0.416 e. The topological polar surface area (TPSA) is 38.1 Å². The van der Waals surface area contributed by atoms with E-state index in [4.69, 9.17) is 16.6 Å². The zero-order valence-corrected chi connectivity index (χ0v) is 13.6. The highest BCUT2D eigenvalue weighted by Crippen LogP contribution is 2.34. The van der Waals surface area contributed by atoms with Crippen LogP contribution in [0.3, 0.4) is 0 Å². The predicted octanol–water partition coefficient (Wildman–Crippen LogP) is 4.96. The van der Waals surface area contributed by atoms with E-state index < -0.39 is 11.7 Å². The zero-order valence-electron chi connectivity index (χ0n) is 12.0. The lowest BCUT2D eigenvalue weighted by Crippen LogP contribution is -2.09. The van der Waals surface area contributed by atoms with Gasteiger partial charge in [-0.15, -0.1) is 0 Å². The predicted molar refractivity (Wildman–Crippen MR) is 92.7 cm³/mol. The minimum Gasteiger partial charge on any atom is -0.456 e. The standard InChI is InChI=1S/C16H9F3N2OS2/c17-16(18,19)9-1-2-12-13(4-9)20-6-8-3-10(22-14(8)12)5-11-7-21-15(23)24-11/h1-6H,7H2,(H,21,23)/b11-5-. The molecule has 0 saturated carbocycles. The number of hydrogen-bond acceptors (Lipinski definition) is 4. The molecule has 0 radical (unpaired) electrons. The molecule has 24 heavy (non-hydrogen) atoms. The molecular formula is C16H9F3N2OS2. The molecule has 122 valence electrons. The highest BCUT2D eigenvalue weighted by molar-refractivity contribution is 8.26. The molecule has 1 saturated heterocycles. The number of furan rings is 1. The molecule has 1 aliphatic rings. The Balaban J connectivity index is 1.82. The summed E-state index contributed by atoms with van der Waals surface area (Å²) in [7, 11) is 0. The first-order valence-corrected chi connectivity index (χ1v) is 8.18. The molecule has 2 aromatic heterocycles. The minimum absolute atomic E-state index is 0.254. The third-order valence-electron chi connectivity index (χ3n) is 3.63. The van der Waals surface area contributed by atoms with Crippen molar-refractivity contribution in [3.63, 3.8) is 0 Å². The van der Waals surface area contributed by atoms with E-state index in [1.807, 2.05) is 12.1 Å². The molecule has 0 unspecified atom stereocenters. The molecule has 8 heteroatoms. The summed E-state index contributed by atoms with van der Waals surface area (Å²) in [5.41, 5.74) is 0.0563. The second-order valence-corrected chi connectivity index (χ2v) is 7.08. The Morgan fingerprint density at radius 3 is 2.83 bits per heavy atom. The van der Waals surface area contributed by atoms with Gasteiger partial charge in [-0.1, -0.05) is 24.0 Å². The SMILES string of the molecule is FC(F)(F)c1ccc2c(c1)ncc1cc(/C=C3/CNC(=S)S3)oc12. The van der Waals surface area contributed by atoms with Gasteiger partial charge in [0.05, 0.1) is 11.1 Å². The van der Waals surface area contributed by atoms with Gasteiger partial charge in [0.1, 0.15) is 15.7 Å². The van der Waals surface area contributed by atoms with Crippen LogP contribution < -0.4 is 5.32 Å². The van der Waals surface area contributed by atoms with Crippen LogP contribution in [0.4, 0.5) is 13.2 Å². The zero-order chi connectivity index (χ0) is 16.9. The number of thiocarbonyl (C=S) groups is 1. The number of halogens is 3. The second-order valence-electron chi connectivity index (χ2n) is 5.27. The molecule has 0 amide bonds. The van der Waals surface area contributed by atoms with Crippen LogP contribution >= 0.6 is 24.0 Å². The van der Waals surface area contributed by atoms with Crippen molar-refractivity contribution in [2.24, 2.45) is 0 Å². The molecule has 0 aliphatic carbocycles. The van der Waals surface area contributed by atoms with Crippen LogP contribution in [0.5, 0.6) is 0 Å². The minimum atomic E-state index is -4.39. The van der Waals surface area contributed by atoms with Gasteiger partial charge in [-0.25, -0.2) is 0 Å². The number of nitrogens with one attached hydrogen (secondary N) is 1. The number of alkyl halides is 3. The van der Waals surface area contributed by atoms with Crippen molar-refractivity contribution >= 4 is 56.2 Å². The number of rotatable bonds is 1. The number of fused-ring (bicyclic) bond motifs is 3. The maximum atomic E-state index is 12.8. The highest BCUT2D eigenvalue weighted by Gasteiger charge is 2.30. The lowest BCUT2D eigenvalue weighted by atomic mass is 10.1. The largest absolute Gasteiger partial charge is 0.456 e. The Morgan fingerprint density at radius 1 is 1.29 bits per heavy atom. The number of aromatic nitrogens is 1. The molecular weight excluding hydrogens is 357 g/mol. The number of benzene rings is 1. The van der Waals surface area contributed by atoms with Crippen molar-refractivity contribution in [3.05, 3.63) is 46.7 Å². The molecule has 3 heterocycles. The smallest absolute Gasteiger partial charge is 0.416 e. The molecule has 1 aliphatic heterocycles. The second kappa shape index (κ2) is 5.49. The van der Waals surface area contributed by atoms with Crippen molar-refractivity contribution in [1.29, 1.82) is 0 Å². The van der Waals surface area contributed by atoms with E-state index in [-0.39, 0.29) is 5.52 Å². The molecule has 0 atom stereocenters. The summed E-state index contributed by atoms with van der Waals surface area (Å²) in [4.78, 5) is 5.15. The van der Waals surface area contributed by atoms with Gasteiger partial charge >= 0.3 is 6.18 Å². The van der Waals surface area contributed by atoms with E-state index in [2.05, 4.69) is 10.3 Å². The summed E-state index contributed by atoms with van der Waals surface area (Å²) in [6, 6.07) is 5.28. The number of hydrogen-bond donors (Lipinski definition) is 1. The first kappa shape index (κ1) is 15.5. The lowest BCUT2D eigenvalue weighted by molar-refractivity contribution is -0.137. The average Bonchev–Trinajstić information content (AvgIpc) is 3.11. The summed E-state index contributed by atoms with van der Waals surface area (Å²) < 4.78 is 45.0. The Kier molecular flexibility index (Phi) is 3.54. The molecule has 1 aromatic carbocycles. The fraction of sp³-hybridized carbons (Fsp3) is 0.125. The maximum absolute atomic E-state index is 12.8. The Hall–Kier alpha value is -2.06. The van der Waals surface area contributed by atoms with Gasteiger partial charge in [0.2, 0.25) is 0 Å². The Morgan fingerprint density at radius 2 is 2.12 bits per heavy atom. The number of pyridine rings is 1. The van der Waals surface area contributed by atoms with Crippen molar-refractivity contribution in [1.82, 2.24) is 10.3 Å². The van der Waals surface area contributed by atoms with Crippen LogP contribution in [-0.2, 0) is 6.18 Å². The monoisotopic (exact) mass is 366 g/mol. The van der Waals surface area contributed by atoms with Gasteiger partial charge in [0.25, 0.3) is 0 Å². The van der Waals surface area contributed by atoms with E-state index in [1.54, 1.807) is 0 Å². The molecule has 0 spiro atoms. The summed E-state index contributed by atoms with van der Waals surface area (Å²) >= 11 is 6.52. The van der Waals surface area contributed by atoms with Crippen LogP contribution in [0.25, 0.3) is 27.9 Å². The highest BCUT2D eigenvalue weighted by atomic mass is 32.2. The van der Waals surface area contributed by atoms with Crippen LogP contribution in [-0.4, -0.2) is 15.8 Å². The van der Waals surface area contributed by atoms with Crippen LogP contribution in [0.15, 0.2) is 39.8 Å². The van der Waals surface area contributed by atoms with Crippen molar-refractivity contribution in [2.45, 2.75) is 6.18 Å². The van der Waals surface area contributed by atoms with Crippen LogP contribution in [0.2, 0.25) is 0 Å². The molecule has 3 aromatic rings. The number of thioether (sulfide) groups is 1. The van der Waals surface area contributed by atoms with Gasteiger partial charge in [-0.3, -0.25) is 4.98 Å². The lowest BCUT2D eigenvalue weighted by Gasteiger charge is -2.07. The Bertz CT molecular complexity index is 1010. The number of nitrogens with zero attached hydrogens (tertiary/aromatic N) is 1. The van der Waals surface area contributed by atoms with Crippen LogP contribution in [0, 0.1) is 0 Å². The fourth-order valence-corrected chi connectivity index (χ4v) is 3.63. The van der Waals surface area contributed by atoms with E-state index in [1.165, 1.54) is 24.0 Å². The quantitative estimate of drug-likeness (QED) is 0.616. The molecule has 3 nitrogen and oxygen atoms in total. The van der Waals surface area contributed by atoms with Gasteiger partial charge in [-0.05, 0) is 30.3 Å². The summed E-state index contributed by atoms with van der Waals surface area (Å²) in [5, 5.41) is 4.34. The summed E-state index contributed by atoms with van der Waals surface area (Å²) in [6.45, 7) is 0.647. The van der Waals surface area contributed by atoms with Crippen molar-refractivity contribution in [3.8, 4) is 0 Å². The van der Waals surface area contributed by atoms with E-state index in [0.717, 1.165) is 22.4 Å². The average molecular weight is 366 g/mol. The first-order chi connectivity index (χ1) is 11.4. The van der Waals surface area contributed by atoms with Gasteiger partial charge in [0, 0.05) is 28.4 Å². The third kappa shape index (κ3) is 2.76. The van der Waals surface area contributed by atoms with Gasteiger partial charge in [-0.2, -0.15) is 13.2 Å². The third-order valence-corrected chi connectivity index (χ3v) is 4.87. The van der Waals surface area contributed by atoms with E-state index in [0.29, 0.717) is 27.6 Å². The van der Waals surface area contributed by atoms with Crippen molar-refractivity contribution in [2.75, 3.05) is 6.54 Å². The summed E-state index contributed by atoms with van der Waals surface area (Å²) in [6.07, 6.45) is -1.00. The van der Waals surface area contributed by atoms with Gasteiger partial charge in [0.15, 0.2) is 0 Å². The molecule has 1 N–H and O–H groups in total. The molecule has 0 bridgehead atoms. The molecule has 1 fully saturated rings. The van der Waals surface area contributed by atoms with Gasteiger partial charge < -0.3 is 9.73 Å². The fourth-order valence-electron chi connectivity index (χ4n) is 2.54. The molecule has 4 rings (SSSR count). The van der Waals surface area contributed by atoms with Crippen LogP contribution in [0.1, 0.15) is 11.3 Å². The van der Waals surface area contributed by atoms with Crippen molar-refractivity contribution < 1.29 is 17.6 Å². The normalized spacial score (nSPS) is 17.1. The van der Waals surface area contributed by atoms with E-state index in [9.17, 15) is 13.2 Å². The first-order valence-electron chi connectivity index (χ1n) is 6.96.